The maximum Gasteiger partial charge on any atom is 0.449 e. The molecule has 1 aliphatic rings. The van der Waals surface area contributed by atoms with Crippen molar-refractivity contribution in [2.45, 2.75) is 32.1 Å². The molecule has 1 amide bonds. The lowest BCUT2D eigenvalue weighted by Crippen LogP contribution is -2.37. The van der Waals surface area contributed by atoms with Crippen LogP contribution >= 0.6 is 0 Å². The van der Waals surface area contributed by atoms with Crippen molar-refractivity contribution in [2.24, 2.45) is 11.7 Å². The van der Waals surface area contributed by atoms with Gasteiger partial charge in [-0.05, 0) is 37.9 Å². The number of amides is 1. The molecule has 2 N–H and O–H groups in total. The van der Waals surface area contributed by atoms with Crippen LogP contribution in [0.1, 0.15) is 19.2 Å². The number of benzene rings is 1. The number of hydrogen-bond acceptors (Lipinski definition) is 3. The minimum atomic E-state index is -4.62. The van der Waals surface area contributed by atoms with Gasteiger partial charge >= 0.3 is 6.18 Å². The minimum Gasteiger partial charge on any atom is -0.338 e. The summed E-state index contributed by atoms with van der Waals surface area (Å²) in [5, 5.41) is 0. The second-order valence-corrected chi connectivity index (χ2v) is 6.24. The molecule has 1 aromatic carbocycles. The number of fused-ring (bicyclic) bond motifs is 1. The number of nitrogens with zero attached hydrogens (tertiary/aromatic N) is 3. The van der Waals surface area contributed by atoms with Crippen LogP contribution in [0.5, 0.6) is 0 Å². The molecule has 0 aliphatic carbocycles. The van der Waals surface area contributed by atoms with Crippen molar-refractivity contribution in [3.63, 3.8) is 0 Å². The van der Waals surface area contributed by atoms with Crippen LogP contribution in [-0.2, 0) is 17.5 Å². The first-order chi connectivity index (χ1) is 11.3. The highest BCUT2D eigenvalue weighted by atomic mass is 19.4. The first kappa shape index (κ1) is 16.8. The Morgan fingerprint density at radius 3 is 2.71 bits per heavy atom. The van der Waals surface area contributed by atoms with Crippen LogP contribution in [-0.4, -0.2) is 39.5 Å². The minimum absolute atomic E-state index is 0.0184. The average molecular weight is 340 g/mol. The van der Waals surface area contributed by atoms with E-state index in [2.05, 4.69) is 4.98 Å². The molecule has 1 aliphatic heterocycles. The monoisotopic (exact) mass is 340 g/mol. The van der Waals surface area contributed by atoms with E-state index < -0.39 is 12.0 Å². The fourth-order valence-electron chi connectivity index (χ4n) is 3.34. The zero-order chi connectivity index (χ0) is 17.5. The molecule has 5 nitrogen and oxygen atoms in total. The molecule has 2 heterocycles. The van der Waals surface area contributed by atoms with Gasteiger partial charge in [0.25, 0.3) is 0 Å². The zero-order valence-corrected chi connectivity index (χ0v) is 13.3. The molecule has 2 aromatic rings. The summed E-state index contributed by atoms with van der Waals surface area (Å²) in [5.74, 6) is -1.18. The number of alkyl halides is 3. The van der Waals surface area contributed by atoms with Crippen molar-refractivity contribution >= 4 is 16.9 Å². The molecule has 2 unspecified atom stereocenters. The van der Waals surface area contributed by atoms with Crippen LogP contribution in [0.4, 0.5) is 13.2 Å². The highest BCUT2D eigenvalue weighted by Crippen LogP contribution is 2.32. The van der Waals surface area contributed by atoms with E-state index in [1.165, 1.54) is 6.07 Å². The second-order valence-electron chi connectivity index (χ2n) is 6.24. The van der Waals surface area contributed by atoms with Gasteiger partial charge in [0, 0.05) is 12.6 Å². The molecule has 1 saturated heterocycles. The molecule has 1 fully saturated rings. The van der Waals surface area contributed by atoms with Crippen LogP contribution in [0, 0.1) is 5.92 Å². The fourth-order valence-corrected chi connectivity index (χ4v) is 3.34. The molecule has 0 radical (unpaired) electrons. The molecular formula is C16H19F3N4O. The molecule has 8 heteroatoms. The molecule has 0 spiro atoms. The molecular weight excluding hydrogens is 321 g/mol. The molecule has 1 aromatic heterocycles. The SMILES string of the molecule is CC1CC(CN)CN1C(=O)Cn1c(C(F)(F)F)nc2ccccc21. The number of rotatable bonds is 3. The van der Waals surface area contributed by atoms with Crippen molar-refractivity contribution in [3.8, 4) is 0 Å². The topological polar surface area (TPSA) is 64.2 Å². The Morgan fingerprint density at radius 2 is 2.08 bits per heavy atom. The average Bonchev–Trinajstić information content (AvgIpc) is 3.08. The first-order valence-corrected chi connectivity index (χ1v) is 7.83. The number of imidazole rings is 1. The standard InChI is InChI=1S/C16H19F3N4O/c1-10-6-11(7-20)8-22(10)14(24)9-23-13-5-3-2-4-12(13)21-15(23)16(17,18)19/h2-5,10-11H,6-9,20H2,1H3. The van der Waals surface area contributed by atoms with Crippen molar-refractivity contribution in [1.29, 1.82) is 0 Å². The van der Waals surface area contributed by atoms with E-state index in [-0.39, 0.29) is 29.9 Å². The molecule has 0 saturated carbocycles. The lowest BCUT2D eigenvalue weighted by atomic mass is 10.1. The Labute approximate surface area is 137 Å². The summed E-state index contributed by atoms with van der Waals surface area (Å²) in [5.41, 5.74) is 6.18. The van der Waals surface area contributed by atoms with Crippen LogP contribution in [0.25, 0.3) is 11.0 Å². The zero-order valence-electron chi connectivity index (χ0n) is 13.3. The number of carbonyl (C=O) groups is 1. The van der Waals surface area contributed by atoms with Gasteiger partial charge in [-0.15, -0.1) is 0 Å². The Morgan fingerprint density at radius 1 is 1.38 bits per heavy atom. The van der Waals surface area contributed by atoms with E-state index >= 15 is 0 Å². The second kappa shape index (κ2) is 6.08. The van der Waals surface area contributed by atoms with Crippen LogP contribution in [0.2, 0.25) is 0 Å². The Bertz CT molecular complexity index is 755. The number of para-hydroxylation sites is 2. The van der Waals surface area contributed by atoms with E-state index in [9.17, 15) is 18.0 Å². The lowest BCUT2D eigenvalue weighted by Gasteiger charge is -2.22. The highest BCUT2D eigenvalue weighted by molar-refractivity contribution is 5.81. The third-order valence-corrected chi connectivity index (χ3v) is 4.52. The molecule has 0 bridgehead atoms. The lowest BCUT2D eigenvalue weighted by molar-refractivity contribution is -0.148. The molecule has 24 heavy (non-hydrogen) atoms. The van der Waals surface area contributed by atoms with Gasteiger partial charge in [0.2, 0.25) is 11.7 Å². The maximum atomic E-state index is 13.3. The van der Waals surface area contributed by atoms with Crippen LogP contribution in [0.3, 0.4) is 0 Å². The fraction of sp³-hybridized carbons (Fsp3) is 0.500. The van der Waals surface area contributed by atoms with Gasteiger partial charge in [0.05, 0.1) is 11.0 Å². The Balaban J connectivity index is 1.93. The number of likely N-dealkylation sites (tertiary alicyclic amines) is 1. The molecule has 2 atom stereocenters. The largest absolute Gasteiger partial charge is 0.449 e. The quantitative estimate of drug-likeness (QED) is 0.932. The number of halogens is 3. The molecule has 130 valence electrons. The number of hydrogen-bond donors (Lipinski definition) is 1. The van der Waals surface area contributed by atoms with E-state index in [0.29, 0.717) is 18.6 Å². The number of aromatic nitrogens is 2. The van der Waals surface area contributed by atoms with Crippen molar-refractivity contribution in [2.75, 3.05) is 13.1 Å². The van der Waals surface area contributed by atoms with Gasteiger partial charge in [-0.25, -0.2) is 4.98 Å². The predicted octanol–water partition coefficient (Wildman–Crippen LogP) is 2.25. The normalized spacial score (nSPS) is 21.6. The Hall–Kier alpha value is -2.09. The summed E-state index contributed by atoms with van der Waals surface area (Å²) >= 11 is 0. The van der Waals surface area contributed by atoms with E-state index in [0.717, 1.165) is 11.0 Å². The summed E-state index contributed by atoms with van der Waals surface area (Å²) in [6, 6.07) is 6.29. The summed E-state index contributed by atoms with van der Waals surface area (Å²) in [7, 11) is 0. The van der Waals surface area contributed by atoms with Crippen molar-refractivity contribution in [1.82, 2.24) is 14.5 Å². The number of nitrogens with two attached hydrogens (primary N) is 1. The highest BCUT2D eigenvalue weighted by Gasteiger charge is 2.39. The molecule has 3 rings (SSSR count). The van der Waals surface area contributed by atoms with Gasteiger partial charge in [-0.1, -0.05) is 12.1 Å². The van der Waals surface area contributed by atoms with Crippen molar-refractivity contribution < 1.29 is 18.0 Å². The van der Waals surface area contributed by atoms with E-state index in [4.69, 9.17) is 5.73 Å². The third kappa shape index (κ3) is 2.98. The van der Waals surface area contributed by atoms with Crippen LogP contribution in [0.15, 0.2) is 24.3 Å². The summed E-state index contributed by atoms with van der Waals surface area (Å²) in [4.78, 5) is 17.9. The summed E-state index contributed by atoms with van der Waals surface area (Å²) in [6.07, 6.45) is -3.84. The number of carbonyl (C=O) groups excluding carboxylic acids is 1. The smallest absolute Gasteiger partial charge is 0.338 e. The van der Waals surface area contributed by atoms with Gasteiger partial charge < -0.3 is 15.2 Å². The van der Waals surface area contributed by atoms with Crippen LogP contribution < -0.4 is 5.73 Å². The summed E-state index contributed by atoms with van der Waals surface area (Å²) in [6.45, 7) is 2.47. The maximum absolute atomic E-state index is 13.3. The van der Waals surface area contributed by atoms with Gasteiger partial charge in [-0.3, -0.25) is 4.79 Å². The van der Waals surface area contributed by atoms with Gasteiger partial charge in [-0.2, -0.15) is 13.2 Å². The first-order valence-electron chi connectivity index (χ1n) is 7.83. The van der Waals surface area contributed by atoms with Crippen molar-refractivity contribution in [3.05, 3.63) is 30.1 Å². The Kier molecular flexibility index (Phi) is 4.25. The van der Waals surface area contributed by atoms with Gasteiger partial charge in [0.15, 0.2) is 0 Å². The predicted molar refractivity (Wildman–Crippen MR) is 83.1 cm³/mol. The van der Waals surface area contributed by atoms with E-state index in [1.54, 1.807) is 23.1 Å². The van der Waals surface area contributed by atoms with Gasteiger partial charge in [0.1, 0.15) is 6.54 Å². The van der Waals surface area contributed by atoms with E-state index in [1.807, 2.05) is 6.92 Å². The third-order valence-electron chi connectivity index (χ3n) is 4.52. The summed E-state index contributed by atoms with van der Waals surface area (Å²) < 4.78 is 40.8.